The molecular weight excluding hydrogens is 208 g/mol. The number of hydrogen-bond donors (Lipinski definition) is 1. The first-order valence-corrected chi connectivity index (χ1v) is 4.72. The van der Waals surface area contributed by atoms with Gasteiger partial charge in [0.1, 0.15) is 0 Å². The summed E-state index contributed by atoms with van der Waals surface area (Å²) in [5, 5.41) is 6.95. The van der Waals surface area contributed by atoms with Crippen molar-refractivity contribution in [2.24, 2.45) is 0 Å². The summed E-state index contributed by atoms with van der Waals surface area (Å²) in [5.41, 5.74) is 1.03. The van der Waals surface area contributed by atoms with Crippen molar-refractivity contribution in [2.45, 2.75) is 6.92 Å². The number of aryl methyl sites for hydroxylation is 1. The second-order valence-corrected chi connectivity index (χ2v) is 3.16. The van der Waals surface area contributed by atoms with Gasteiger partial charge in [-0.05, 0) is 12.5 Å². The Morgan fingerprint density at radius 2 is 2.12 bits per heavy atom. The van der Waals surface area contributed by atoms with E-state index in [2.05, 4.69) is 25.4 Å². The number of nitrogens with zero attached hydrogens (tertiary/aromatic N) is 5. The van der Waals surface area contributed by atoms with Crippen molar-refractivity contribution in [3.05, 3.63) is 18.0 Å². The fourth-order valence-corrected chi connectivity index (χ4v) is 1.17. The Kier molecular flexibility index (Phi) is 2.67. The summed E-state index contributed by atoms with van der Waals surface area (Å²) in [5.74, 6) is 0.860. The maximum atomic E-state index is 4.98. The summed E-state index contributed by atoms with van der Waals surface area (Å²) in [4.78, 5) is 12.3. The average molecular weight is 220 g/mol. The molecule has 0 fully saturated rings. The van der Waals surface area contributed by atoms with Crippen molar-refractivity contribution in [1.82, 2.24) is 24.7 Å². The van der Waals surface area contributed by atoms with Crippen LogP contribution < -0.4 is 10.1 Å². The molecule has 2 heterocycles. The fraction of sp³-hybridized carbons (Fsp3) is 0.333. The Morgan fingerprint density at radius 3 is 2.69 bits per heavy atom. The molecule has 7 nitrogen and oxygen atoms in total. The Bertz CT molecular complexity index is 472. The normalized spacial score (nSPS) is 10.2. The average Bonchev–Trinajstić information content (AvgIpc) is 2.75. The van der Waals surface area contributed by atoms with Crippen LogP contribution >= 0.6 is 0 Å². The van der Waals surface area contributed by atoms with Crippen molar-refractivity contribution in [1.29, 1.82) is 0 Å². The van der Waals surface area contributed by atoms with Gasteiger partial charge in [-0.15, -0.1) is 0 Å². The Hall–Kier alpha value is -2.18. The maximum Gasteiger partial charge on any atom is 0.322 e. The summed E-state index contributed by atoms with van der Waals surface area (Å²) in [6.45, 7) is 1.95. The quantitative estimate of drug-likeness (QED) is 0.807. The smallest absolute Gasteiger partial charge is 0.322 e. The molecule has 7 heteroatoms. The van der Waals surface area contributed by atoms with E-state index in [9.17, 15) is 0 Å². The molecule has 0 radical (unpaired) electrons. The van der Waals surface area contributed by atoms with Gasteiger partial charge >= 0.3 is 6.01 Å². The topological polar surface area (TPSA) is 77.8 Å². The third kappa shape index (κ3) is 1.92. The van der Waals surface area contributed by atoms with Gasteiger partial charge in [0, 0.05) is 13.2 Å². The molecule has 0 atom stereocenters. The van der Waals surface area contributed by atoms with Crippen LogP contribution in [0.15, 0.2) is 12.4 Å². The predicted molar refractivity (Wildman–Crippen MR) is 57.8 cm³/mol. The summed E-state index contributed by atoms with van der Waals surface area (Å²) < 4.78 is 6.55. The molecule has 0 saturated heterocycles. The van der Waals surface area contributed by atoms with Gasteiger partial charge in [0.15, 0.2) is 0 Å². The molecule has 1 N–H and O–H groups in total. The van der Waals surface area contributed by atoms with E-state index < -0.39 is 0 Å². The molecule has 0 aromatic carbocycles. The molecule has 2 rings (SSSR count). The zero-order valence-electron chi connectivity index (χ0n) is 9.30. The second kappa shape index (κ2) is 4.13. The summed E-state index contributed by atoms with van der Waals surface area (Å²) >= 11 is 0. The van der Waals surface area contributed by atoms with Crippen molar-refractivity contribution >= 4 is 5.95 Å². The number of ether oxygens (including phenoxy) is 1. The lowest BCUT2D eigenvalue weighted by atomic mass is 10.4. The van der Waals surface area contributed by atoms with Gasteiger partial charge in [-0.2, -0.15) is 20.1 Å². The minimum atomic E-state index is 0.252. The zero-order valence-corrected chi connectivity index (χ0v) is 9.30. The third-order valence-electron chi connectivity index (χ3n) is 1.93. The number of hydrogen-bond acceptors (Lipinski definition) is 6. The van der Waals surface area contributed by atoms with Gasteiger partial charge in [-0.3, -0.25) is 0 Å². The maximum absolute atomic E-state index is 4.98. The van der Waals surface area contributed by atoms with Gasteiger partial charge < -0.3 is 10.1 Å². The zero-order chi connectivity index (χ0) is 11.5. The summed E-state index contributed by atoms with van der Waals surface area (Å²) in [6.07, 6.45) is 3.56. The highest BCUT2D eigenvalue weighted by molar-refractivity contribution is 5.29. The lowest BCUT2D eigenvalue weighted by Crippen LogP contribution is -2.08. The fourth-order valence-electron chi connectivity index (χ4n) is 1.17. The molecule has 0 aliphatic heterocycles. The first-order valence-electron chi connectivity index (χ1n) is 4.72. The van der Waals surface area contributed by atoms with Crippen molar-refractivity contribution in [3.8, 4) is 12.0 Å². The molecule has 0 aliphatic rings. The lowest BCUT2D eigenvalue weighted by Gasteiger charge is -2.04. The monoisotopic (exact) mass is 220 g/mol. The van der Waals surface area contributed by atoms with Gasteiger partial charge in [0.05, 0.1) is 13.3 Å². The van der Waals surface area contributed by atoms with E-state index in [1.165, 1.54) is 7.11 Å². The molecule has 0 amide bonds. The van der Waals surface area contributed by atoms with E-state index in [4.69, 9.17) is 4.74 Å². The van der Waals surface area contributed by atoms with Gasteiger partial charge in [0.25, 0.3) is 5.95 Å². The minimum Gasteiger partial charge on any atom is -0.467 e. The van der Waals surface area contributed by atoms with Crippen LogP contribution in [0.2, 0.25) is 0 Å². The van der Waals surface area contributed by atoms with Crippen molar-refractivity contribution < 1.29 is 4.74 Å². The minimum absolute atomic E-state index is 0.252. The van der Waals surface area contributed by atoms with E-state index in [0.717, 1.165) is 5.56 Å². The van der Waals surface area contributed by atoms with E-state index in [1.807, 2.05) is 13.1 Å². The number of nitrogens with one attached hydrogen (secondary N) is 1. The van der Waals surface area contributed by atoms with Crippen LogP contribution in [0.3, 0.4) is 0 Å². The Labute approximate surface area is 92.5 Å². The first-order chi connectivity index (χ1) is 7.72. The van der Waals surface area contributed by atoms with Crippen LogP contribution in [0.5, 0.6) is 6.01 Å². The Morgan fingerprint density at radius 1 is 1.31 bits per heavy atom. The first kappa shape index (κ1) is 10.3. The molecule has 0 spiro atoms. The van der Waals surface area contributed by atoms with E-state index in [0.29, 0.717) is 11.9 Å². The van der Waals surface area contributed by atoms with Crippen LogP contribution in [0.4, 0.5) is 5.95 Å². The predicted octanol–water partition coefficient (Wildman–Crippen LogP) is 0.416. The van der Waals surface area contributed by atoms with Crippen LogP contribution in [-0.2, 0) is 0 Å². The molecule has 2 aromatic heterocycles. The van der Waals surface area contributed by atoms with Crippen LogP contribution in [0, 0.1) is 6.92 Å². The van der Waals surface area contributed by atoms with Crippen LogP contribution in [0.1, 0.15) is 5.56 Å². The Balaban J connectivity index is 2.47. The van der Waals surface area contributed by atoms with Crippen LogP contribution in [0.25, 0.3) is 5.95 Å². The molecule has 84 valence electrons. The van der Waals surface area contributed by atoms with E-state index in [-0.39, 0.29) is 6.01 Å². The van der Waals surface area contributed by atoms with E-state index in [1.54, 1.807) is 17.9 Å². The molecular formula is C9H12N6O. The van der Waals surface area contributed by atoms with Crippen LogP contribution in [-0.4, -0.2) is 38.9 Å². The second-order valence-electron chi connectivity index (χ2n) is 3.16. The number of anilines is 1. The van der Waals surface area contributed by atoms with Gasteiger partial charge in [-0.25, -0.2) is 4.68 Å². The standard InChI is InChI=1S/C9H12N6O/c1-6-4-11-15(5-6)8-12-7(10-2)13-9(14-8)16-3/h4-5H,1-3H3,(H,10,12,13,14). The summed E-state index contributed by atoms with van der Waals surface area (Å²) in [6, 6.07) is 0.252. The molecule has 0 saturated carbocycles. The number of rotatable bonds is 3. The van der Waals surface area contributed by atoms with Gasteiger partial charge in [0.2, 0.25) is 5.95 Å². The number of aromatic nitrogens is 5. The van der Waals surface area contributed by atoms with Crippen molar-refractivity contribution in [2.75, 3.05) is 19.5 Å². The number of methoxy groups -OCH3 is 1. The highest BCUT2D eigenvalue weighted by Crippen LogP contribution is 2.10. The highest BCUT2D eigenvalue weighted by atomic mass is 16.5. The molecule has 16 heavy (non-hydrogen) atoms. The lowest BCUT2D eigenvalue weighted by molar-refractivity contribution is 0.377. The molecule has 0 bridgehead atoms. The highest BCUT2D eigenvalue weighted by Gasteiger charge is 2.08. The molecule has 0 unspecified atom stereocenters. The molecule has 0 aliphatic carbocycles. The largest absolute Gasteiger partial charge is 0.467 e. The van der Waals surface area contributed by atoms with E-state index >= 15 is 0 Å². The SMILES string of the molecule is CNc1nc(OC)nc(-n2cc(C)cn2)n1. The summed E-state index contributed by atoms with van der Waals surface area (Å²) in [7, 11) is 3.24. The van der Waals surface area contributed by atoms with Crippen molar-refractivity contribution in [3.63, 3.8) is 0 Å². The molecule has 2 aromatic rings. The third-order valence-corrected chi connectivity index (χ3v) is 1.93. The van der Waals surface area contributed by atoms with Gasteiger partial charge in [-0.1, -0.05) is 0 Å².